The lowest BCUT2D eigenvalue weighted by molar-refractivity contribution is -0.155. The van der Waals surface area contributed by atoms with Crippen molar-refractivity contribution in [1.29, 1.82) is 0 Å². The minimum atomic E-state index is -1.19. The monoisotopic (exact) mass is 829 g/mol. The smallest absolute Gasteiger partial charge is 0.408 e. The van der Waals surface area contributed by atoms with Crippen LogP contribution in [0.4, 0.5) is 4.79 Å². The van der Waals surface area contributed by atoms with Crippen LogP contribution in [-0.4, -0.2) is 92.7 Å². The number of unbranched alkanes of at least 4 members (excludes halogenated alkanes) is 4. The quantitative estimate of drug-likeness (QED) is 0.0593. The SMILES string of the molecule is CC(C)(C)OC(=O)CCCCCCC[NH-].CC(C)C[C@H](NC(=O)[C@H](Cc1cnc[nH]1)NC(=O)[C@H](Cc1ccccc1)NC(=O)OC(C)(C)C)C(=O)N[C@H](C(=O)O)C(C)C. The number of aromatic amines is 1. The van der Waals surface area contributed by atoms with Gasteiger partial charge >= 0.3 is 18.0 Å². The third kappa shape index (κ3) is 23.9. The van der Waals surface area contributed by atoms with E-state index >= 15 is 0 Å². The normalized spacial score (nSPS) is 13.5. The summed E-state index contributed by atoms with van der Waals surface area (Å²) < 4.78 is 10.6. The molecule has 16 heteroatoms. The number of imidazole rings is 1. The summed E-state index contributed by atoms with van der Waals surface area (Å²) in [7, 11) is 0. The molecule has 0 aliphatic carbocycles. The molecule has 0 spiro atoms. The highest BCUT2D eigenvalue weighted by atomic mass is 16.6. The Morgan fingerprint density at radius 1 is 0.729 bits per heavy atom. The second-order valence-electron chi connectivity index (χ2n) is 17.3. The van der Waals surface area contributed by atoms with Crippen molar-refractivity contribution in [2.75, 3.05) is 6.54 Å². The van der Waals surface area contributed by atoms with E-state index in [0.717, 1.165) is 37.7 Å². The summed E-state index contributed by atoms with van der Waals surface area (Å²) in [4.78, 5) is 83.1. The van der Waals surface area contributed by atoms with Crippen LogP contribution in [0.2, 0.25) is 0 Å². The number of carboxylic acids is 1. The van der Waals surface area contributed by atoms with Gasteiger partial charge in [0.05, 0.1) is 6.33 Å². The van der Waals surface area contributed by atoms with Crippen molar-refractivity contribution >= 4 is 35.8 Å². The molecule has 0 saturated carbocycles. The number of carbonyl (C=O) groups is 6. The topological polar surface area (TPSA) is 242 Å². The molecule has 59 heavy (non-hydrogen) atoms. The number of benzene rings is 1. The number of aliphatic carboxylic acids is 1. The van der Waals surface area contributed by atoms with Gasteiger partial charge in [0.1, 0.15) is 35.4 Å². The van der Waals surface area contributed by atoms with Gasteiger partial charge in [0.2, 0.25) is 17.7 Å². The first-order valence-corrected chi connectivity index (χ1v) is 20.5. The minimum absolute atomic E-state index is 0.00182. The number of nitrogens with one attached hydrogen (secondary N) is 6. The van der Waals surface area contributed by atoms with Gasteiger partial charge in [-0.1, -0.05) is 83.7 Å². The molecule has 1 heterocycles. The van der Waals surface area contributed by atoms with E-state index in [-0.39, 0.29) is 36.8 Å². The molecule has 332 valence electrons. The first-order valence-electron chi connectivity index (χ1n) is 20.5. The number of H-pyrrole nitrogens is 1. The first-order chi connectivity index (χ1) is 27.5. The maximum atomic E-state index is 13.7. The Labute approximate surface area is 350 Å². The minimum Gasteiger partial charge on any atom is -0.677 e. The Kier molecular flexibility index (Phi) is 23.1. The van der Waals surface area contributed by atoms with Gasteiger partial charge in [0.25, 0.3) is 0 Å². The molecule has 2 rings (SSSR count). The van der Waals surface area contributed by atoms with E-state index in [4.69, 9.17) is 15.2 Å². The molecule has 1 aromatic carbocycles. The predicted octanol–water partition coefficient (Wildman–Crippen LogP) is 6.05. The van der Waals surface area contributed by atoms with Crippen molar-refractivity contribution in [2.45, 2.75) is 162 Å². The molecule has 0 saturated heterocycles. The number of esters is 1. The number of ether oxygens (including phenoxy) is 2. The summed E-state index contributed by atoms with van der Waals surface area (Å²) in [6.07, 6.45) is 8.21. The zero-order valence-electron chi connectivity index (χ0n) is 36.7. The van der Waals surface area contributed by atoms with Crippen molar-refractivity contribution in [3.05, 3.63) is 59.8 Å². The van der Waals surface area contributed by atoms with Gasteiger partial charge < -0.3 is 46.6 Å². The van der Waals surface area contributed by atoms with Crippen LogP contribution in [0.5, 0.6) is 0 Å². The lowest BCUT2D eigenvalue weighted by Gasteiger charge is -2.27. The molecular weight excluding hydrogens is 759 g/mol. The van der Waals surface area contributed by atoms with Crippen molar-refractivity contribution in [3.8, 4) is 0 Å². The third-order valence-electron chi connectivity index (χ3n) is 8.45. The number of aromatic nitrogens is 2. The number of carboxylic acid groups (broad SMARTS) is 1. The lowest BCUT2D eigenvalue weighted by atomic mass is 9.99. The van der Waals surface area contributed by atoms with E-state index in [9.17, 15) is 33.9 Å². The molecule has 1 aromatic heterocycles. The molecular formula is C43H70N7O9-. The van der Waals surface area contributed by atoms with E-state index in [1.54, 1.807) is 46.8 Å². The summed E-state index contributed by atoms with van der Waals surface area (Å²) in [6.45, 7) is 18.4. The first kappa shape index (κ1) is 52.0. The number of carbonyl (C=O) groups excluding carboxylic acids is 5. The largest absolute Gasteiger partial charge is 0.677 e. The Balaban J connectivity index is 0.000000979. The van der Waals surface area contributed by atoms with E-state index < -0.39 is 65.5 Å². The Morgan fingerprint density at radius 3 is 1.78 bits per heavy atom. The van der Waals surface area contributed by atoms with Crippen LogP contribution in [0.3, 0.4) is 0 Å². The summed E-state index contributed by atoms with van der Waals surface area (Å²) in [5.74, 6) is -3.65. The molecule has 2 aromatic rings. The van der Waals surface area contributed by atoms with E-state index in [1.807, 2.05) is 52.8 Å². The number of hydrogen-bond donors (Lipinski definition) is 6. The molecule has 0 bridgehead atoms. The molecule has 7 N–H and O–H groups in total. The average Bonchev–Trinajstić information content (AvgIpc) is 3.63. The lowest BCUT2D eigenvalue weighted by Crippen LogP contribution is -2.59. The van der Waals surface area contributed by atoms with E-state index in [2.05, 4.69) is 31.2 Å². The van der Waals surface area contributed by atoms with Crippen molar-refractivity contribution in [3.63, 3.8) is 0 Å². The van der Waals surface area contributed by atoms with Crippen molar-refractivity contribution < 1.29 is 43.3 Å². The summed E-state index contributed by atoms with van der Waals surface area (Å²) in [6, 6.07) is 4.57. The maximum Gasteiger partial charge on any atom is 0.408 e. The Bertz CT molecular complexity index is 1570. The molecule has 0 aliphatic heterocycles. The van der Waals surface area contributed by atoms with Gasteiger partial charge in [-0.15, -0.1) is 0 Å². The third-order valence-corrected chi connectivity index (χ3v) is 8.45. The number of alkyl carbamates (subject to hydrolysis) is 1. The van der Waals surface area contributed by atoms with Crippen LogP contribution in [0.15, 0.2) is 42.9 Å². The maximum absolute atomic E-state index is 13.7. The van der Waals surface area contributed by atoms with E-state index in [1.165, 1.54) is 12.5 Å². The van der Waals surface area contributed by atoms with Crippen LogP contribution >= 0.6 is 0 Å². The number of hydrogen-bond acceptors (Lipinski definition) is 9. The van der Waals surface area contributed by atoms with Crippen molar-refractivity contribution in [2.24, 2.45) is 11.8 Å². The van der Waals surface area contributed by atoms with Crippen molar-refractivity contribution in [1.82, 2.24) is 31.2 Å². The Hall–Kier alpha value is -4.99. The predicted molar refractivity (Wildman–Crippen MR) is 226 cm³/mol. The van der Waals surface area contributed by atoms with Gasteiger partial charge in [-0.2, -0.15) is 6.54 Å². The van der Waals surface area contributed by atoms with Gasteiger partial charge in [-0.05, 0) is 71.8 Å². The number of nitrogens with zero attached hydrogens (tertiary/aromatic N) is 1. The van der Waals surface area contributed by atoms with Gasteiger partial charge in [0.15, 0.2) is 0 Å². The second-order valence-corrected chi connectivity index (χ2v) is 17.3. The highest BCUT2D eigenvalue weighted by molar-refractivity contribution is 5.95. The fraction of sp³-hybridized carbons (Fsp3) is 0.651. The second kappa shape index (κ2) is 26.2. The number of rotatable bonds is 22. The van der Waals surface area contributed by atoms with E-state index in [0.29, 0.717) is 18.7 Å². The Morgan fingerprint density at radius 2 is 1.27 bits per heavy atom. The highest BCUT2D eigenvalue weighted by Gasteiger charge is 2.33. The molecule has 4 amide bonds. The zero-order valence-corrected chi connectivity index (χ0v) is 36.7. The fourth-order valence-electron chi connectivity index (χ4n) is 5.67. The van der Waals surface area contributed by atoms with Crippen LogP contribution in [0, 0.1) is 11.8 Å². The standard InChI is InChI=1S/C31H46N6O7.C12H24NO2/c1-18(2)13-22(28(40)37-25(19(3)4)29(41)42)34-27(39)24(15-21-16-32-17-33-21)35-26(38)23(14-20-11-9-8-10-12-20)36-30(43)44-31(5,6)7;1-12(2,3)15-11(14)9-7-5-4-6-8-10-13/h8-12,16-19,22-25H,13-15H2,1-7H3,(H,32,33)(H,34,39)(H,35,38)(H,36,43)(H,37,40)(H,41,42);13H,4-10H2,1-3H3/q;-1/t22-,23-,24-,25-;/m0./s1. The summed E-state index contributed by atoms with van der Waals surface area (Å²) >= 11 is 0. The fourth-order valence-corrected chi connectivity index (χ4v) is 5.67. The molecule has 0 radical (unpaired) electrons. The summed E-state index contributed by atoms with van der Waals surface area (Å²) in [5, 5.41) is 20.1. The molecule has 0 unspecified atom stereocenters. The van der Waals surface area contributed by atoms with Crippen LogP contribution < -0.4 is 21.3 Å². The van der Waals surface area contributed by atoms with Gasteiger partial charge in [0, 0.05) is 31.2 Å². The van der Waals surface area contributed by atoms with Crippen LogP contribution in [0.25, 0.3) is 5.73 Å². The van der Waals surface area contributed by atoms with Gasteiger partial charge in [-0.25, -0.2) is 14.6 Å². The molecule has 4 atom stereocenters. The highest BCUT2D eigenvalue weighted by Crippen LogP contribution is 2.13. The molecule has 0 aliphatic rings. The van der Waals surface area contributed by atoms with Gasteiger partial charge in [-0.3, -0.25) is 19.2 Å². The summed E-state index contributed by atoms with van der Waals surface area (Å²) in [5.41, 5.74) is 7.12. The zero-order chi connectivity index (χ0) is 44.8. The number of amides is 4. The average molecular weight is 829 g/mol. The van der Waals surface area contributed by atoms with Crippen LogP contribution in [-0.2, 0) is 46.3 Å². The molecule has 0 fully saturated rings. The molecule has 16 nitrogen and oxygen atoms in total. The van der Waals surface area contributed by atoms with Crippen LogP contribution in [0.1, 0.15) is 125 Å².